The van der Waals surface area contributed by atoms with E-state index in [1.165, 1.54) is 18.2 Å². The monoisotopic (exact) mass is 307 g/mol. The van der Waals surface area contributed by atoms with Gasteiger partial charge in [0.2, 0.25) is 0 Å². The lowest BCUT2D eigenvalue weighted by Crippen LogP contribution is -2.31. The lowest BCUT2D eigenvalue weighted by Gasteiger charge is -2.15. The summed E-state index contributed by atoms with van der Waals surface area (Å²) in [7, 11) is 0. The first kappa shape index (κ1) is 15.3. The minimum Gasteiger partial charge on any atom is -0.507 e. The number of aliphatic hydroxyl groups is 1. The van der Waals surface area contributed by atoms with Crippen LogP contribution in [0.1, 0.15) is 15.2 Å². The minimum absolute atomic E-state index is 0.0507. The number of benzene rings is 1. The molecule has 0 aliphatic rings. The van der Waals surface area contributed by atoms with E-state index >= 15 is 0 Å². The number of aliphatic hydroxyl groups excluding tert-OH is 1. The van der Waals surface area contributed by atoms with Gasteiger partial charge < -0.3 is 20.6 Å². The molecule has 21 heavy (non-hydrogen) atoms. The van der Waals surface area contributed by atoms with E-state index in [1.54, 1.807) is 11.3 Å². The molecule has 0 saturated carbocycles. The van der Waals surface area contributed by atoms with Gasteiger partial charge in [-0.1, -0.05) is 12.1 Å². The van der Waals surface area contributed by atoms with Crippen molar-refractivity contribution in [2.45, 2.75) is 6.42 Å². The maximum absolute atomic E-state index is 12.0. The van der Waals surface area contributed by atoms with Crippen LogP contribution in [-0.4, -0.2) is 34.4 Å². The zero-order chi connectivity index (χ0) is 15.2. The summed E-state index contributed by atoms with van der Waals surface area (Å²) in [6.45, 7) is 0.214. The van der Waals surface area contributed by atoms with Gasteiger partial charge in [-0.2, -0.15) is 0 Å². The van der Waals surface area contributed by atoms with Crippen LogP contribution in [0.2, 0.25) is 0 Å². The fourth-order valence-corrected chi connectivity index (χ4v) is 2.82. The summed E-state index contributed by atoms with van der Waals surface area (Å²) in [6.07, 6.45) is 0.668. The van der Waals surface area contributed by atoms with Crippen LogP contribution >= 0.6 is 11.3 Å². The normalized spacial score (nSPS) is 12.0. The van der Waals surface area contributed by atoms with Gasteiger partial charge in [-0.15, -0.1) is 11.3 Å². The highest BCUT2D eigenvalue weighted by atomic mass is 32.1. The summed E-state index contributed by atoms with van der Waals surface area (Å²) in [5.74, 6) is -1.21. The molecule has 0 radical (unpaired) electrons. The average Bonchev–Trinajstić information content (AvgIpc) is 2.96. The Hall–Kier alpha value is -2.05. The molecule has 0 aliphatic heterocycles. The van der Waals surface area contributed by atoms with E-state index in [2.05, 4.69) is 5.32 Å². The van der Waals surface area contributed by atoms with Crippen molar-refractivity contribution in [1.82, 2.24) is 5.32 Å². The van der Waals surface area contributed by atoms with Crippen LogP contribution in [-0.2, 0) is 6.42 Å². The third-order valence-electron chi connectivity index (χ3n) is 3.13. The lowest BCUT2D eigenvalue weighted by molar-refractivity contribution is 0.0934. The van der Waals surface area contributed by atoms with E-state index in [-0.39, 0.29) is 36.1 Å². The molecule has 1 atom stereocenters. The first-order chi connectivity index (χ1) is 10.1. The minimum atomic E-state index is -0.560. The number of phenolic OH excluding ortho intramolecular Hbond substituents is 2. The zero-order valence-electron chi connectivity index (χ0n) is 11.3. The van der Waals surface area contributed by atoms with Crippen molar-refractivity contribution in [1.29, 1.82) is 0 Å². The standard InChI is InChI=1S/C15H17NO4S/c17-9-10(7-11-3-2-6-21-11)8-16-15(20)14-12(18)4-1-5-13(14)19/h1-6,10,17-19H,7-9H2,(H,16,20)/t10-/m0/s1. The van der Waals surface area contributed by atoms with Gasteiger partial charge in [-0.3, -0.25) is 4.79 Å². The molecule has 0 bridgehead atoms. The quantitative estimate of drug-likeness (QED) is 0.654. The summed E-state index contributed by atoms with van der Waals surface area (Å²) in [5.41, 5.74) is -0.148. The Morgan fingerprint density at radius 3 is 2.48 bits per heavy atom. The van der Waals surface area contributed by atoms with Crippen LogP contribution in [0.3, 0.4) is 0 Å². The average molecular weight is 307 g/mol. The van der Waals surface area contributed by atoms with Gasteiger partial charge in [0.25, 0.3) is 5.91 Å². The van der Waals surface area contributed by atoms with Gasteiger partial charge in [-0.05, 0) is 30.0 Å². The molecule has 0 saturated heterocycles. The van der Waals surface area contributed by atoms with Crippen LogP contribution < -0.4 is 5.32 Å². The second-order valence-electron chi connectivity index (χ2n) is 4.71. The van der Waals surface area contributed by atoms with Crippen molar-refractivity contribution in [2.24, 2.45) is 5.92 Å². The molecular weight excluding hydrogens is 290 g/mol. The third kappa shape index (κ3) is 3.96. The molecule has 0 aliphatic carbocycles. The molecule has 2 aromatic rings. The van der Waals surface area contributed by atoms with Gasteiger partial charge in [0, 0.05) is 23.9 Å². The highest BCUT2D eigenvalue weighted by Gasteiger charge is 2.17. The van der Waals surface area contributed by atoms with Crippen molar-refractivity contribution in [2.75, 3.05) is 13.2 Å². The fraction of sp³-hybridized carbons (Fsp3) is 0.267. The van der Waals surface area contributed by atoms with Crippen molar-refractivity contribution >= 4 is 17.2 Å². The molecule has 112 valence electrons. The van der Waals surface area contributed by atoms with Gasteiger partial charge in [0.15, 0.2) is 0 Å². The van der Waals surface area contributed by atoms with Crippen LogP contribution in [0.25, 0.3) is 0 Å². The van der Waals surface area contributed by atoms with Crippen molar-refractivity contribution in [3.63, 3.8) is 0 Å². The maximum atomic E-state index is 12.0. The molecule has 1 heterocycles. The Kier molecular flexibility index (Phi) is 5.19. The number of amides is 1. The molecule has 5 nitrogen and oxygen atoms in total. The summed E-state index contributed by atoms with van der Waals surface area (Å²) < 4.78 is 0. The number of carbonyl (C=O) groups is 1. The predicted octanol–water partition coefficient (Wildman–Crippen LogP) is 1.74. The molecule has 0 spiro atoms. The van der Waals surface area contributed by atoms with Crippen molar-refractivity contribution < 1.29 is 20.1 Å². The summed E-state index contributed by atoms with van der Waals surface area (Å²) >= 11 is 1.60. The Bertz CT molecular complexity index is 577. The molecule has 0 unspecified atom stereocenters. The van der Waals surface area contributed by atoms with Gasteiger partial charge >= 0.3 is 0 Å². The van der Waals surface area contributed by atoms with Gasteiger partial charge in [0.05, 0.1) is 0 Å². The van der Waals surface area contributed by atoms with Crippen LogP contribution in [0, 0.1) is 5.92 Å². The first-order valence-electron chi connectivity index (χ1n) is 6.54. The smallest absolute Gasteiger partial charge is 0.258 e. The molecule has 1 aromatic carbocycles. The molecule has 6 heteroatoms. The topological polar surface area (TPSA) is 89.8 Å². The Morgan fingerprint density at radius 2 is 1.90 bits per heavy atom. The van der Waals surface area contributed by atoms with Gasteiger partial charge in [0.1, 0.15) is 17.1 Å². The van der Waals surface area contributed by atoms with E-state index in [0.29, 0.717) is 6.42 Å². The number of hydrogen-bond acceptors (Lipinski definition) is 5. The summed E-state index contributed by atoms with van der Waals surface area (Å²) in [5, 5.41) is 33.2. The lowest BCUT2D eigenvalue weighted by atomic mass is 10.1. The molecule has 1 amide bonds. The summed E-state index contributed by atoms with van der Waals surface area (Å²) in [4.78, 5) is 13.1. The number of carbonyl (C=O) groups excluding carboxylic acids is 1. The summed E-state index contributed by atoms with van der Waals surface area (Å²) in [6, 6.07) is 8.04. The first-order valence-corrected chi connectivity index (χ1v) is 7.42. The number of aromatic hydroxyl groups is 2. The van der Waals surface area contributed by atoms with Crippen LogP contribution in [0.15, 0.2) is 35.7 Å². The molecular formula is C15H17NO4S. The second kappa shape index (κ2) is 7.10. The predicted molar refractivity (Wildman–Crippen MR) is 80.7 cm³/mol. The van der Waals surface area contributed by atoms with Gasteiger partial charge in [-0.25, -0.2) is 0 Å². The number of thiophene rings is 1. The maximum Gasteiger partial charge on any atom is 0.258 e. The Morgan fingerprint density at radius 1 is 1.19 bits per heavy atom. The van der Waals surface area contributed by atoms with Crippen molar-refractivity contribution in [3.05, 3.63) is 46.2 Å². The number of phenols is 2. The highest BCUT2D eigenvalue weighted by molar-refractivity contribution is 7.09. The molecule has 4 N–H and O–H groups in total. The van der Waals surface area contributed by atoms with E-state index in [1.807, 2.05) is 17.5 Å². The SMILES string of the molecule is O=C(NC[C@@H](CO)Cc1cccs1)c1c(O)cccc1O. The van der Waals surface area contributed by atoms with E-state index in [4.69, 9.17) is 0 Å². The number of nitrogens with one attached hydrogen (secondary N) is 1. The van der Waals surface area contributed by atoms with E-state index < -0.39 is 5.91 Å². The number of hydrogen-bond donors (Lipinski definition) is 4. The van der Waals surface area contributed by atoms with Crippen molar-refractivity contribution in [3.8, 4) is 11.5 Å². The van der Waals surface area contributed by atoms with Crippen LogP contribution in [0.4, 0.5) is 0 Å². The molecule has 0 fully saturated rings. The van der Waals surface area contributed by atoms with E-state index in [0.717, 1.165) is 4.88 Å². The Labute approximate surface area is 126 Å². The zero-order valence-corrected chi connectivity index (χ0v) is 12.1. The highest BCUT2D eigenvalue weighted by Crippen LogP contribution is 2.26. The van der Waals surface area contributed by atoms with Crippen LogP contribution in [0.5, 0.6) is 11.5 Å². The Balaban J connectivity index is 1.96. The molecule has 2 rings (SSSR count). The third-order valence-corrected chi connectivity index (χ3v) is 4.03. The second-order valence-corrected chi connectivity index (χ2v) is 5.75. The largest absolute Gasteiger partial charge is 0.507 e. The number of rotatable bonds is 6. The fourth-order valence-electron chi connectivity index (χ4n) is 2.00. The molecule has 1 aromatic heterocycles. The van der Waals surface area contributed by atoms with E-state index in [9.17, 15) is 20.1 Å².